The number of ether oxygens (including phenoxy) is 3. The van der Waals surface area contributed by atoms with Gasteiger partial charge >= 0.3 is 11.9 Å². The van der Waals surface area contributed by atoms with Crippen molar-refractivity contribution in [3.63, 3.8) is 0 Å². The van der Waals surface area contributed by atoms with Gasteiger partial charge in [-0.3, -0.25) is 24.1 Å². The van der Waals surface area contributed by atoms with E-state index in [1.54, 1.807) is 95.4 Å². The van der Waals surface area contributed by atoms with Crippen molar-refractivity contribution >= 4 is 29.7 Å². The molecule has 0 saturated carbocycles. The van der Waals surface area contributed by atoms with Crippen LogP contribution in [0.1, 0.15) is 50.8 Å². The zero-order valence-electron chi connectivity index (χ0n) is 35.4. The van der Waals surface area contributed by atoms with E-state index in [1.807, 2.05) is 19.1 Å². The van der Waals surface area contributed by atoms with Crippen LogP contribution in [0.15, 0.2) is 72.8 Å². The van der Waals surface area contributed by atoms with Crippen molar-refractivity contribution in [2.45, 2.75) is 83.6 Å². The third-order valence-corrected chi connectivity index (χ3v) is 10.5. The van der Waals surface area contributed by atoms with Crippen LogP contribution in [0, 0.1) is 11.8 Å². The number of rotatable bonds is 20. The average molecular weight is 806 g/mol. The molecule has 4 N–H and O–H groups in total. The average Bonchev–Trinajstić information content (AvgIpc) is 3.21. The Hall–Kier alpha value is -5.63. The Morgan fingerprint density at radius 1 is 0.690 bits per heavy atom. The first-order valence-corrected chi connectivity index (χ1v) is 19.4. The Labute approximate surface area is 342 Å². The van der Waals surface area contributed by atoms with Crippen LogP contribution in [0.3, 0.4) is 0 Å². The number of nitrogens with one attached hydrogen (secondary N) is 1. The highest BCUT2D eigenvalue weighted by Crippen LogP contribution is 2.22. The number of benzene rings is 3. The van der Waals surface area contributed by atoms with Gasteiger partial charge in [0.1, 0.15) is 35.7 Å². The molecule has 0 saturated heterocycles. The third-order valence-electron chi connectivity index (χ3n) is 10.5. The third kappa shape index (κ3) is 12.7. The molecule has 0 spiro atoms. The largest absolute Gasteiger partial charge is 0.593 e. The molecule has 0 fully saturated rings. The summed E-state index contributed by atoms with van der Waals surface area (Å²) in [5.41, 5.74) is 2.20. The second-order valence-corrected chi connectivity index (χ2v) is 15.2. The first kappa shape index (κ1) is 46.8. The van der Waals surface area contributed by atoms with Gasteiger partial charge in [0.15, 0.2) is 6.10 Å². The van der Waals surface area contributed by atoms with Crippen LogP contribution in [-0.4, -0.2) is 127 Å². The van der Waals surface area contributed by atoms with Crippen molar-refractivity contribution in [2.75, 3.05) is 42.4 Å². The Balaban J connectivity index is 1.92. The number of likely N-dealkylation sites (N-methyl/N-ethyl adjacent to an activating group) is 3. The zero-order valence-corrected chi connectivity index (χ0v) is 35.4. The van der Waals surface area contributed by atoms with Gasteiger partial charge in [0, 0.05) is 45.0 Å². The molecule has 3 amide bonds. The Bertz CT molecular complexity index is 1820. The molecular weight excluding hydrogens is 745 g/mol. The van der Waals surface area contributed by atoms with Crippen molar-refractivity contribution in [1.82, 2.24) is 20.0 Å². The van der Waals surface area contributed by atoms with Crippen LogP contribution in [0.4, 0.5) is 0 Å². The molecule has 0 unspecified atom stereocenters. The van der Waals surface area contributed by atoms with E-state index in [0.717, 1.165) is 5.56 Å². The molecule has 0 aliphatic heterocycles. The van der Waals surface area contributed by atoms with Crippen LogP contribution >= 0.6 is 0 Å². The molecule has 0 bridgehead atoms. The molecule has 3 aromatic carbocycles. The molecule has 316 valence electrons. The zero-order chi connectivity index (χ0) is 43.3. The molecule has 3 rings (SSSR count). The number of aromatic hydroxyl groups is 1. The molecule has 14 heteroatoms. The van der Waals surface area contributed by atoms with Crippen molar-refractivity contribution in [1.29, 1.82) is 0 Å². The number of methoxy groups -OCH3 is 2. The summed E-state index contributed by atoms with van der Waals surface area (Å²) < 4.78 is 16.3. The lowest BCUT2D eigenvalue weighted by atomic mass is 9.96. The second-order valence-electron chi connectivity index (χ2n) is 15.2. The molecular formula is C44H61N4O10+. The van der Waals surface area contributed by atoms with Crippen molar-refractivity contribution in [3.8, 4) is 17.2 Å². The lowest BCUT2D eigenvalue weighted by Gasteiger charge is -2.36. The Morgan fingerprint density at radius 2 is 1.17 bits per heavy atom. The predicted molar refractivity (Wildman–Crippen MR) is 220 cm³/mol. The molecule has 0 radical (unpaired) electrons. The molecule has 14 nitrogen and oxygen atoms in total. The highest BCUT2D eigenvalue weighted by atomic mass is 16.6. The summed E-state index contributed by atoms with van der Waals surface area (Å²) in [4.78, 5) is 74.3. The first-order valence-electron chi connectivity index (χ1n) is 19.4. The van der Waals surface area contributed by atoms with Gasteiger partial charge < -0.3 is 39.5 Å². The van der Waals surface area contributed by atoms with Crippen molar-refractivity contribution < 1.29 is 48.4 Å². The fraction of sp³-hybridized carbons (Fsp3) is 0.477. The van der Waals surface area contributed by atoms with Gasteiger partial charge in [-0.25, -0.2) is 4.79 Å². The molecule has 3 aromatic rings. The van der Waals surface area contributed by atoms with E-state index in [4.69, 9.17) is 19.3 Å². The van der Waals surface area contributed by atoms with Gasteiger partial charge in [-0.05, 0) is 85.9 Å². The van der Waals surface area contributed by atoms with Crippen LogP contribution < -0.4 is 10.1 Å². The fourth-order valence-electron chi connectivity index (χ4n) is 6.44. The van der Waals surface area contributed by atoms with E-state index in [2.05, 4.69) is 5.32 Å². The van der Waals surface area contributed by atoms with Gasteiger partial charge in [0.25, 0.3) is 11.7 Å². The summed E-state index contributed by atoms with van der Waals surface area (Å²) in [6.45, 7) is 7.19. The van der Waals surface area contributed by atoms with E-state index in [1.165, 1.54) is 43.1 Å². The summed E-state index contributed by atoms with van der Waals surface area (Å²) in [5, 5.41) is 20.6. The van der Waals surface area contributed by atoms with Gasteiger partial charge in [0.05, 0.1) is 14.2 Å². The van der Waals surface area contributed by atoms with Crippen LogP contribution in [0.5, 0.6) is 17.2 Å². The minimum atomic E-state index is -1.22. The summed E-state index contributed by atoms with van der Waals surface area (Å²) in [7, 11) is 9.25. The summed E-state index contributed by atoms with van der Waals surface area (Å²) in [5.74, 6) is -2.91. The molecule has 0 aliphatic rings. The SMILES string of the molecule is CC[C@@H](C)[C@H](OC(=O)[C@H](Cc1ccc(OC)cc1)N(C)C)C(=O)N[C@@H](C(=O)N(C)[C@@H](Cc1ccc(O)cc1)C(=O)N(C)[C@@H](Cc1ccc([OH2+])cc1)C(=O)OC)C(C)C. The molecule has 6 atom stereocenters. The number of phenols is 1. The lowest BCUT2D eigenvalue weighted by molar-refractivity contribution is -0.164. The molecule has 0 aliphatic carbocycles. The number of nitrogens with zero attached hydrogens (tertiary/aromatic N) is 3. The van der Waals surface area contributed by atoms with Crippen molar-refractivity contribution in [2.24, 2.45) is 11.8 Å². The van der Waals surface area contributed by atoms with E-state index in [0.29, 0.717) is 35.5 Å². The summed E-state index contributed by atoms with van der Waals surface area (Å²) in [6, 6.07) is 16.0. The number of hydrogen-bond acceptors (Lipinski definition) is 10. The van der Waals surface area contributed by atoms with E-state index >= 15 is 0 Å². The van der Waals surface area contributed by atoms with E-state index in [-0.39, 0.29) is 18.6 Å². The van der Waals surface area contributed by atoms with E-state index < -0.39 is 71.8 Å². The maximum Gasteiger partial charge on any atom is 0.328 e. The summed E-state index contributed by atoms with van der Waals surface area (Å²) >= 11 is 0. The predicted octanol–water partition coefficient (Wildman–Crippen LogP) is 3.72. The van der Waals surface area contributed by atoms with Gasteiger partial charge in [-0.2, -0.15) is 0 Å². The number of carbonyl (C=O) groups is 5. The molecule has 0 heterocycles. The Kier molecular flexibility index (Phi) is 17.5. The minimum Gasteiger partial charge on any atom is -0.593 e. The topological polar surface area (TPSA) is 178 Å². The summed E-state index contributed by atoms with van der Waals surface area (Å²) in [6.07, 6.45) is -0.295. The quantitative estimate of drug-likeness (QED) is 0.126. The smallest absolute Gasteiger partial charge is 0.328 e. The first-order chi connectivity index (χ1) is 27.4. The van der Waals surface area contributed by atoms with Gasteiger partial charge in [-0.1, -0.05) is 52.0 Å². The molecule has 0 aromatic heterocycles. The van der Waals surface area contributed by atoms with Crippen LogP contribution in [0.25, 0.3) is 0 Å². The maximum absolute atomic E-state index is 14.5. The number of hydrogen-bond donors (Lipinski definition) is 2. The molecule has 58 heavy (non-hydrogen) atoms. The monoisotopic (exact) mass is 805 g/mol. The number of phenolic OH excluding ortho intramolecular Hbond substituents is 1. The van der Waals surface area contributed by atoms with Gasteiger partial charge in [0.2, 0.25) is 11.8 Å². The second kappa shape index (κ2) is 21.8. The van der Waals surface area contributed by atoms with Gasteiger partial charge in [-0.15, -0.1) is 0 Å². The minimum absolute atomic E-state index is 0.0130. The van der Waals surface area contributed by atoms with Crippen LogP contribution in [-0.2, 0) is 52.7 Å². The highest BCUT2D eigenvalue weighted by molar-refractivity contribution is 5.95. The number of carbonyl (C=O) groups excluding carboxylic acids is 5. The number of esters is 2. The standard InChI is InChI=1S/C44H60N4O10/c1-11-28(4)39(58-44(55)36(46(5)6)25-31-16-22-34(56-9)23-17-31)40(51)45-38(27(2)3)42(53)47(7)35(24-29-12-18-32(49)19-13-29)41(52)48(8)37(43(54)57-10)26-30-14-20-33(50)21-15-30/h12-23,27-28,35-39,49-50H,11,24-26H2,1-10H3,(H,45,51)/p+1/t28-,35+,36+,37+,38-,39+/m1/s1. The maximum atomic E-state index is 14.5. The normalized spacial score (nSPS) is 14.3. The Morgan fingerprint density at radius 3 is 1.66 bits per heavy atom. The van der Waals surface area contributed by atoms with Crippen LogP contribution in [0.2, 0.25) is 0 Å². The lowest BCUT2D eigenvalue weighted by Crippen LogP contribution is -2.59. The van der Waals surface area contributed by atoms with Crippen molar-refractivity contribution in [3.05, 3.63) is 89.5 Å². The van der Waals surface area contributed by atoms with E-state index in [9.17, 15) is 29.1 Å². The number of amides is 3. The highest BCUT2D eigenvalue weighted by Gasteiger charge is 2.40. The fourth-order valence-corrected chi connectivity index (χ4v) is 6.44.